The quantitative estimate of drug-likeness (QED) is 0.880. The molecular weight excluding hydrogens is 264 g/mol. The number of carbonyl (C=O) groups is 1. The molecule has 0 spiro atoms. The maximum atomic E-state index is 12.6. The van der Waals surface area contributed by atoms with Gasteiger partial charge >= 0.3 is 5.97 Å². The van der Waals surface area contributed by atoms with Crippen molar-refractivity contribution in [3.8, 4) is 0 Å². The molecular formula is C18H20O3. The summed E-state index contributed by atoms with van der Waals surface area (Å²) in [6.07, 6.45) is 0. The highest BCUT2D eigenvalue weighted by atomic mass is 16.6. The Morgan fingerprint density at radius 3 is 1.57 bits per heavy atom. The molecule has 2 rings (SSSR count). The number of hydrogen-bond donors (Lipinski definition) is 1. The zero-order valence-corrected chi connectivity index (χ0v) is 12.5. The van der Waals surface area contributed by atoms with Crippen molar-refractivity contribution < 1.29 is 14.6 Å². The van der Waals surface area contributed by atoms with E-state index in [2.05, 4.69) is 0 Å². The Bertz CT molecular complexity index is 558. The van der Waals surface area contributed by atoms with Gasteiger partial charge in [-0.3, -0.25) is 0 Å². The molecule has 21 heavy (non-hydrogen) atoms. The number of carbonyl (C=O) groups excluding carboxylic acids is 1. The lowest BCUT2D eigenvalue weighted by Crippen LogP contribution is -2.42. The third-order valence-corrected chi connectivity index (χ3v) is 3.08. The van der Waals surface area contributed by atoms with E-state index in [-0.39, 0.29) is 0 Å². The van der Waals surface area contributed by atoms with E-state index in [0.717, 1.165) is 0 Å². The number of aliphatic hydroxyl groups is 1. The maximum Gasteiger partial charge on any atom is 0.348 e. The number of rotatable bonds is 3. The average Bonchev–Trinajstić information content (AvgIpc) is 2.46. The molecule has 0 bridgehead atoms. The third-order valence-electron chi connectivity index (χ3n) is 3.08. The minimum atomic E-state index is -1.81. The van der Waals surface area contributed by atoms with E-state index in [1.54, 1.807) is 69.3 Å². The van der Waals surface area contributed by atoms with Crippen molar-refractivity contribution in [1.82, 2.24) is 0 Å². The second-order valence-corrected chi connectivity index (χ2v) is 5.94. The van der Waals surface area contributed by atoms with Crippen LogP contribution in [0.15, 0.2) is 60.7 Å². The summed E-state index contributed by atoms with van der Waals surface area (Å²) in [5.41, 5.74) is -1.50. The molecule has 0 aromatic heterocycles. The van der Waals surface area contributed by atoms with Gasteiger partial charge in [-0.2, -0.15) is 0 Å². The summed E-state index contributed by atoms with van der Waals surface area (Å²) in [6.45, 7) is 5.34. The van der Waals surface area contributed by atoms with E-state index in [4.69, 9.17) is 4.74 Å². The van der Waals surface area contributed by atoms with Gasteiger partial charge in [-0.25, -0.2) is 4.79 Å². The molecule has 0 aliphatic carbocycles. The van der Waals surface area contributed by atoms with Gasteiger partial charge in [0, 0.05) is 0 Å². The average molecular weight is 284 g/mol. The highest BCUT2D eigenvalue weighted by molar-refractivity contribution is 5.85. The van der Waals surface area contributed by atoms with Gasteiger partial charge in [0.25, 0.3) is 0 Å². The number of benzene rings is 2. The SMILES string of the molecule is CC(C)(C)OC(=O)C(O)(c1ccccc1)c1ccccc1. The van der Waals surface area contributed by atoms with Crippen LogP contribution in [0.5, 0.6) is 0 Å². The smallest absolute Gasteiger partial charge is 0.348 e. The summed E-state index contributed by atoms with van der Waals surface area (Å²) in [4.78, 5) is 12.6. The second kappa shape index (κ2) is 5.70. The lowest BCUT2D eigenvalue weighted by molar-refractivity contribution is -0.173. The first-order valence-corrected chi connectivity index (χ1v) is 6.91. The Morgan fingerprint density at radius 1 is 0.857 bits per heavy atom. The predicted octanol–water partition coefficient (Wildman–Crippen LogP) is 3.26. The largest absolute Gasteiger partial charge is 0.457 e. The zero-order valence-electron chi connectivity index (χ0n) is 12.5. The molecule has 3 heteroatoms. The van der Waals surface area contributed by atoms with E-state index in [1.807, 2.05) is 12.1 Å². The molecule has 1 N–H and O–H groups in total. The Labute approximate surface area is 125 Å². The topological polar surface area (TPSA) is 46.5 Å². The van der Waals surface area contributed by atoms with Crippen LogP contribution in [0, 0.1) is 0 Å². The van der Waals surface area contributed by atoms with Crippen LogP contribution in [0.3, 0.4) is 0 Å². The van der Waals surface area contributed by atoms with Gasteiger partial charge in [0.15, 0.2) is 0 Å². The van der Waals surface area contributed by atoms with Crippen LogP contribution in [0.2, 0.25) is 0 Å². The molecule has 0 atom stereocenters. The van der Waals surface area contributed by atoms with E-state index in [9.17, 15) is 9.90 Å². The van der Waals surface area contributed by atoms with Crippen molar-refractivity contribution in [1.29, 1.82) is 0 Å². The first kappa shape index (κ1) is 15.3. The molecule has 0 heterocycles. The molecule has 3 nitrogen and oxygen atoms in total. The lowest BCUT2D eigenvalue weighted by atomic mass is 9.86. The van der Waals surface area contributed by atoms with Gasteiger partial charge in [-0.15, -0.1) is 0 Å². The van der Waals surface area contributed by atoms with Crippen molar-refractivity contribution in [2.24, 2.45) is 0 Å². The predicted molar refractivity (Wildman–Crippen MR) is 81.7 cm³/mol. The van der Waals surface area contributed by atoms with Gasteiger partial charge in [-0.05, 0) is 31.9 Å². The van der Waals surface area contributed by atoms with Crippen LogP contribution in [0.4, 0.5) is 0 Å². The molecule has 0 saturated heterocycles. The van der Waals surface area contributed by atoms with Crippen molar-refractivity contribution >= 4 is 5.97 Å². The lowest BCUT2D eigenvalue weighted by Gasteiger charge is -2.31. The summed E-state index contributed by atoms with van der Waals surface area (Å²) < 4.78 is 5.42. The minimum absolute atomic E-state index is 0.491. The van der Waals surface area contributed by atoms with Crippen LogP contribution < -0.4 is 0 Å². The number of esters is 1. The van der Waals surface area contributed by atoms with Gasteiger partial charge in [-0.1, -0.05) is 60.7 Å². The first-order valence-electron chi connectivity index (χ1n) is 6.91. The Morgan fingerprint density at radius 2 is 1.24 bits per heavy atom. The van der Waals surface area contributed by atoms with Crippen molar-refractivity contribution in [3.05, 3.63) is 71.8 Å². The first-order chi connectivity index (χ1) is 9.84. The summed E-state index contributed by atoms with van der Waals surface area (Å²) in [7, 11) is 0. The monoisotopic (exact) mass is 284 g/mol. The molecule has 2 aromatic carbocycles. The van der Waals surface area contributed by atoms with Crippen LogP contribution in [-0.2, 0) is 15.1 Å². The second-order valence-electron chi connectivity index (χ2n) is 5.94. The fourth-order valence-corrected chi connectivity index (χ4v) is 2.11. The number of ether oxygens (including phenoxy) is 1. The molecule has 110 valence electrons. The van der Waals surface area contributed by atoms with Crippen LogP contribution in [-0.4, -0.2) is 16.7 Å². The Kier molecular flexibility index (Phi) is 4.14. The Hall–Kier alpha value is -2.13. The van der Waals surface area contributed by atoms with Crippen LogP contribution >= 0.6 is 0 Å². The molecule has 0 aliphatic heterocycles. The summed E-state index contributed by atoms with van der Waals surface area (Å²) >= 11 is 0. The molecule has 0 saturated carbocycles. The molecule has 0 aliphatic rings. The summed E-state index contributed by atoms with van der Waals surface area (Å²) in [5.74, 6) is -0.674. The fourth-order valence-electron chi connectivity index (χ4n) is 2.11. The van der Waals surface area contributed by atoms with Gasteiger partial charge in [0.2, 0.25) is 5.60 Å². The number of hydrogen-bond acceptors (Lipinski definition) is 3. The zero-order chi connectivity index (χ0) is 15.5. The van der Waals surface area contributed by atoms with Crippen LogP contribution in [0.25, 0.3) is 0 Å². The van der Waals surface area contributed by atoms with Gasteiger partial charge in [0.1, 0.15) is 5.60 Å². The van der Waals surface area contributed by atoms with E-state index < -0.39 is 17.2 Å². The standard InChI is InChI=1S/C18H20O3/c1-17(2,3)21-16(19)18(20,14-10-6-4-7-11-14)15-12-8-5-9-13-15/h4-13,20H,1-3H3. The van der Waals surface area contributed by atoms with E-state index in [1.165, 1.54) is 0 Å². The summed E-state index contributed by atoms with van der Waals surface area (Å²) in [5, 5.41) is 11.1. The fraction of sp³-hybridized carbons (Fsp3) is 0.278. The minimum Gasteiger partial charge on any atom is -0.457 e. The highest BCUT2D eigenvalue weighted by Crippen LogP contribution is 2.32. The summed E-state index contributed by atoms with van der Waals surface area (Å²) in [6, 6.07) is 17.7. The van der Waals surface area contributed by atoms with Crippen molar-refractivity contribution in [2.75, 3.05) is 0 Å². The maximum absolute atomic E-state index is 12.6. The molecule has 0 fully saturated rings. The van der Waals surface area contributed by atoms with E-state index in [0.29, 0.717) is 11.1 Å². The third kappa shape index (κ3) is 3.31. The van der Waals surface area contributed by atoms with Gasteiger partial charge < -0.3 is 9.84 Å². The molecule has 0 amide bonds. The van der Waals surface area contributed by atoms with Crippen LogP contribution in [0.1, 0.15) is 31.9 Å². The molecule has 2 aromatic rings. The molecule has 0 radical (unpaired) electrons. The van der Waals surface area contributed by atoms with Crippen molar-refractivity contribution in [2.45, 2.75) is 32.0 Å². The Balaban J connectivity index is 2.53. The van der Waals surface area contributed by atoms with Crippen molar-refractivity contribution in [3.63, 3.8) is 0 Å². The highest BCUT2D eigenvalue weighted by Gasteiger charge is 2.43. The van der Waals surface area contributed by atoms with Gasteiger partial charge in [0.05, 0.1) is 0 Å². The normalized spacial score (nSPS) is 12.0. The van der Waals surface area contributed by atoms with E-state index >= 15 is 0 Å². The molecule has 0 unspecified atom stereocenters.